The third kappa shape index (κ3) is 6.93. The summed E-state index contributed by atoms with van der Waals surface area (Å²) in [5.74, 6) is 0. The Morgan fingerprint density at radius 3 is 2.19 bits per heavy atom. The van der Waals surface area contributed by atoms with Gasteiger partial charge in [0.25, 0.3) is 0 Å². The lowest BCUT2D eigenvalue weighted by Crippen LogP contribution is -2.01. The smallest absolute Gasteiger partial charge is 0.168 e. The van der Waals surface area contributed by atoms with Crippen molar-refractivity contribution in [3.63, 3.8) is 0 Å². The second-order valence-electron chi connectivity index (χ2n) is 4.02. The van der Waals surface area contributed by atoms with Gasteiger partial charge in [-0.15, -0.1) is 0 Å². The standard InChI is InChI=1S/C9H12BrNO.C6H4BrNO/c1-3-12-7(2)9-5-4-8(10)6-11-9;7-5-1-2-6(4-9)8-3-5/h4-7H,3H2,1-2H3;1-4H. The van der Waals surface area contributed by atoms with Gasteiger partial charge in [-0.25, -0.2) is 0 Å². The molecule has 0 bridgehead atoms. The predicted molar refractivity (Wildman–Crippen MR) is 89.3 cm³/mol. The van der Waals surface area contributed by atoms with Crippen LogP contribution in [0.25, 0.3) is 0 Å². The van der Waals surface area contributed by atoms with Crippen molar-refractivity contribution in [2.75, 3.05) is 6.61 Å². The molecule has 0 saturated carbocycles. The summed E-state index contributed by atoms with van der Waals surface area (Å²) in [6.07, 6.45) is 4.17. The Morgan fingerprint density at radius 2 is 1.76 bits per heavy atom. The van der Waals surface area contributed by atoms with Crippen molar-refractivity contribution < 1.29 is 9.53 Å². The van der Waals surface area contributed by atoms with Crippen molar-refractivity contribution in [3.8, 4) is 0 Å². The van der Waals surface area contributed by atoms with Crippen LogP contribution in [0.15, 0.2) is 45.6 Å². The van der Waals surface area contributed by atoms with E-state index in [1.54, 1.807) is 24.5 Å². The van der Waals surface area contributed by atoms with Crippen LogP contribution in [0.2, 0.25) is 0 Å². The SMILES string of the molecule is CCOC(C)c1ccc(Br)cn1.O=Cc1ccc(Br)cn1. The lowest BCUT2D eigenvalue weighted by Gasteiger charge is -2.09. The maximum atomic E-state index is 10.0. The molecule has 0 aromatic carbocycles. The first-order chi connectivity index (χ1) is 10.1. The maximum Gasteiger partial charge on any atom is 0.168 e. The van der Waals surface area contributed by atoms with Gasteiger partial charge in [-0.05, 0) is 70.0 Å². The van der Waals surface area contributed by atoms with Crippen LogP contribution in [-0.4, -0.2) is 22.9 Å². The number of hydrogen-bond donors (Lipinski definition) is 0. The van der Waals surface area contributed by atoms with Crippen LogP contribution in [0.1, 0.15) is 36.1 Å². The van der Waals surface area contributed by atoms with E-state index in [1.807, 2.05) is 26.0 Å². The van der Waals surface area contributed by atoms with E-state index in [2.05, 4.69) is 41.8 Å². The quantitative estimate of drug-likeness (QED) is 0.684. The molecule has 0 radical (unpaired) electrons. The summed E-state index contributed by atoms with van der Waals surface area (Å²) >= 11 is 6.53. The Balaban J connectivity index is 0.000000219. The first-order valence-electron chi connectivity index (χ1n) is 6.36. The van der Waals surface area contributed by atoms with E-state index in [-0.39, 0.29) is 6.10 Å². The first-order valence-corrected chi connectivity index (χ1v) is 7.95. The molecule has 1 atom stereocenters. The van der Waals surface area contributed by atoms with Gasteiger partial charge in [-0.3, -0.25) is 14.8 Å². The van der Waals surface area contributed by atoms with Crippen molar-refractivity contribution in [1.82, 2.24) is 9.97 Å². The number of halogens is 2. The average Bonchev–Trinajstić information content (AvgIpc) is 2.50. The molecule has 2 heterocycles. The van der Waals surface area contributed by atoms with Crippen molar-refractivity contribution in [1.29, 1.82) is 0 Å². The molecule has 112 valence electrons. The highest BCUT2D eigenvalue weighted by atomic mass is 79.9. The Hall–Kier alpha value is -1.11. The van der Waals surface area contributed by atoms with Gasteiger partial charge in [0.15, 0.2) is 6.29 Å². The lowest BCUT2D eigenvalue weighted by atomic mass is 10.2. The van der Waals surface area contributed by atoms with Gasteiger partial charge >= 0.3 is 0 Å². The fraction of sp³-hybridized carbons (Fsp3) is 0.267. The predicted octanol–water partition coefficient (Wildman–Crippen LogP) is 4.60. The van der Waals surface area contributed by atoms with Gasteiger partial charge in [0, 0.05) is 27.9 Å². The molecule has 4 nitrogen and oxygen atoms in total. The summed E-state index contributed by atoms with van der Waals surface area (Å²) < 4.78 is 7.27. The topological polar surface area (TPSA) is 52.1 Å². The van der Waals surface area contributed by atoms with Crippen LogP contribution in [0.5, 0.6) is 0 Å². The summed E-state index contributed by atoms with van der Waals surface area (Å²) in [5, 5.41) is 0. The van der Waals surface area contributed by atoms with Gasteiger partial charge in [0.05, 0.1) is 11.8 Å². The summed E-state index contributed by atoms with van der Waals surface area (Å²) in [7, 11) is 0. The number of nitrogens with zero attached hydrogens (tertiary/aromatic N) is 2. The summed E-state index contributed by atoms with van der Waals surface area (Å²) in [6, 6.07) is 7.36. The van der Waals surface area contributed by atoms with E-state index in [4.69, 9.17) is 4.74 Å². The van der Waals surface area contributed by atoms with E-state index in [0.717, 1.165) is 21.2 Å². The van der Waals surface area contributed by atoms with Crippen LogP contribution < -0.4 is 0 Å². The molecular weight excluding hydrogens is 400 g/mol. The lowest BCUT2D eigenvalue weighted by molar-refractivity contribution is 0.0733. The van der Waals surface area contributed by atoms with E-state index in [0.29, 0.717) is 12.0 Å². The monoisotopic (exact) mass is 414 g/mol. The number of pyridine rings is 2. The summed E-state index contributed by atoms with van der Waals surface area (Å²) in [4.78, 5) is 18.0. The molecule has 0 spiro atoms. The fourth-order valence-electron chi connectivity index (χ4n) is 1.42. The van der Waals surface area contributed by atoms with Crippen LogP contribution in [-0.2, 0) is 4.74 Å². The molecule has 0 aliphatic carbocycles. The number of aldehydes is 1. The number of carbonyl (C=O) groups is 1. The highest BCUT2D eigenvalue weighted by molar-refractivity contribution is 9.10. The zero-order valence-corrected chi connectivity index (χ0v) is 15.0. The van der Waals surface area contributed by atoms with Gasteiger partial charge in [0.1, 0.15) is 5.69 Å². The number of aromatic nitrogens is 2. The van der Waals surface area contributed by atoms with Crippen LogP contribution in [0.3, 0.4) is 0 Å². The second-order valence-corrected chi connectivity index (χ2v) is 5.85. The zero-order valence-electron chi connectivity index (χ0n) is 11.8. The fourth-order valence-corrected chi connectivity index (χ4v) is 1.89. The molecule has 0 saturated heterocycles. The highest BCUT2D eigenvalue weighted by Crippen LogP contribution is 2.15. The van der Waals surface area contributed by atoms with Crippen LogP contribution >= 0.6 is 31.9 Å². The van der Waals surface area contributed by atoms with Gasteiger partial charge in [-0.1, -0.05) is 0 Å². The molecule has 2 aromatic rings. The minimum Gasteiger partial charge on any atom is -0.373 e. The Bertz CT molecular complexity index is 545. The second kappa shape index (κ2) is 9.76. The van der Waals surface area contributed by atoms with Crippen molar-refractivity contribution in [2.24, 2.45) is 0 Å². The van der Waals surface area contributed by atoms with E-state index >= 15 is 0 Å². The molecule has 2 rings (SSSR count). The zero-order chi connectivity index (χ0) is 15.7. The summed E-state index contributed by atoms with van der Waals surface area (Å²) in [5.41, 5.74) is 1.43. The minimum atomic E-state index is 0.0862. The molecule has 6 heteroatoms. The third-order valence-corrected chi connectivity index (χ3v) is 3.39. The van der Waals surface area contributed by atoms with E-state index < -0.39 is 0 Å². The average molecular weight is 416 g/mol. The van der Waals surface area contributed by atoms with Gasteiger partial charge in [-0.2, -0.15) is 0 Å². The van der Waals surface area contributed by atoms with Gasteiger partial charge < -0.3 is 4.74 Å². The third-order valence-electron chi connectivity index (χ3n) is 2.45. The molecule has 0 aliphatic rings. The Labute approximate surface area is 141 Å². The molecule has 0 aliphatic heterocycles. The molecule has 0 amide bonds. The number of carbonyl (C=O) groups excluding carboxylic acids is 1. The Kier molecular flexibility index (Phi) is 8.34. The molecule has 0 fully saturated rings. The minimum absolute atomic E-state index is 0.0862. The summed E-state index contributed by atoms with van der Waals surface area (Å²) in [6.45, 7) is 4.70. The van der Waals surface area contributed by atoms with E-state index in [9.17, 15) is 4.79 Å². The first kappa shape index (κ1) is 17.9. The van der Waals surface area contributed by atoms with Crippen molar-refractivity contribution in [3.05, 3.63) is 57.0 Å². The van der Waals surface area contributed by atoms with E-state index in [1.165, 1.54) is 0 Å². The molecule has 2 aromatic heterocycles. The van der Waals surface area contributed by atoms with Crippen LogP contribution in [0.4, 0.5) is 0 Å². The molecule has 21 heavy (non-hydrogen) atoms. The molecule has 1 unspecified atom stereocenters. The van der Waals surface area contributed by atoms with Crippen LogP contribution in [0, 0.1) is 0 Å². The largest absolute Gasteiger partial charge is 0.373 e. The number of rotatable bonds is 4. The van der Waals surface area contributed by atoms with Crippen molar-refractivity contribution in [2.45, 2.75) is 20.0 Å². The molecule has 0 N–H and O–H groups in total. The highest BCUT2D eigenvalue weighted by Gasteiger charge is 2.04. The van der Waals surface area contributed by atoms with Gasteiger partial charge in [0.2, 0.25) is 0 Å². The molecular formula is C15H16Br2N2O2. The normalized spacial score (nSPS) is 11.2. The number of hydrogen-bond acceptors (Lipinski definition) is 4. The number of ether oxygens (including phenoxy) is 1. The van der Waals surface area contributed by atoms with Crippen molar-refractivity contribution >= 4 is 38.1 Å². The maximum absolute atomic E-state index is 10.0. The Morgan fingerprint density at radius 1 is 1.14 bits per heavy atom.